The largest absolute Gasteiger partial charge is 0.417 e. The summed E-state index contributed by atoms with van der Waals surface area (Å²) in [6.45, 7) is 4.07. The number of rotatable bonds is 3. The van der Waals surface area contributed by atoms with Gasteiger partial charge in [-0.1, -0.05) is 19.9 Å². The van der Waals surface area contributed by atoms with Crippen LogP contribution in [0.25, 0.3) is 11.1 Å². The Morgan fingerprint density at radius 2 is 2.24 bits per heavy atom. The Morgan fingerprint density at radius 1 is 1.47 bits per heavy atom. The van der Waals surface area contributed by atoms with E-state index in [9.17, 15) is 4.79 Å². The average molecular weight is 230 g/mol. The molecule has 1 aromatic heterocycles. The first kappa shape index (κ1) is 11.5. The maximum Gasteiger partial charge on any atom is 0.417 e. The van der Waals surface area contributed by atoms with Gasteiger partial charge in [-0.25, -0.2) is 4.79 Å². The van der Waals surface area contributed by atoms with E-state index >= 15 is 0 Å². The van der Waals surface area contributed by atoms with Crippen molar-refractivity contribution in [2.24, 2.45) is 11.8 Å². The van der Waals surface area contributed by atoms with Gasteiger partial charge >= 0.3 is 5.76 Å². The molecule has 0 bridgehead atoms. The number of oxazole rings is 1. The second-order valence-electron chi connectivity index (χ2n) is 4.53. The molecule has 2 aromatic rings. The number of nitrogens with one attached hydrogen (secondary N) is 1. The lowest BCUT2D eigenvalue weighted by atomic mass is 9.90. The Bertz CT molecular complexity index is 616. The number of hydrogen-bond donors (Lipinski definition) is 1. The molecule has 0 aliphatic carbocycles. The van der Waals surface area contributed by atoms with Crippen molar-refractivity contribution in [3.05, 3.63) is 34.3 Å². The molecule has 0 radical (unpaired) electrons. The second-order valence-corrected chi connectivity index (χ2v) is 4.53. The van der Waals surface area contributed by atoms with Crippen molar-refractivity contribution in [3.63, 3.8) is 0 Å². The average Bonchev–Trinajstić information content (AvgIpc) is 2.64. The first-order chi connectivity index (χ1) is 8.10. The van der Waals surface area contributed by atoms with Gasteiger partial charge in [0.25, 0.3) is 0 Å². The van der Waals surface area contributed by atoms with Crippen LogP contribution in [-0.4, -0.2) is 4.98 Å². The summed E-state index contributed by atoms with van der Waals surface area (Å²) in [4.78, 5) is 13.6. The highest BCUT2D eigenvalue weighted by Gasteiger charge is 2.13. The Hall–Kier alpha value is -2.02. The highest BCUT2D eigenvalue weighted by Crippen LogP contribution is 2.19. The molecule has 4 heteroatoms. The molecule has 0 aliphatic heterocycles. The van der Waals surface area contributed by atoms with Gasteiger partial charge < -0.3 is 4.42 Å². The third-order valence-electron chi connectivity index (χ3n) is 2.91. The number of nitriles is 1. The Morgan fingerprint density at radius 3 is 2.88 bits per heavy atom. The fourth-order valence-electron chi connectivity index (χ4n) is 1.81. The summed E-state index contributed by atoms with van der Waals surface area (Å²) < 4.78 is 4.93. The second kappa shape index (κ2) is 4.46. The molecule has 0 aliphatic rings. The van der Waals surface area contributed by atoms with Crippen LogP contribution < -0.4 is 5.76 Å². The van der Waals surface area contributed by atoms with Gasteiger partial charge in [-0.2, -0.15) is 5.26 Å². The summed E-state index contributed by atoms with van der Waals surface area (Å²) in [5.74, 6) is -0.136. The van der Waals surface area contributed by atoms with Gasteiger partial charge in [-0.05, 0) is 30.0 Å². The highest BCUT2D eigenvalue weighted by molar-refractivity contribution is 5.72. The van der Waals surface area contributed by atoms with Crippen molar-refractivity contribution in [1.29, 1.82) is 5.26 Å². The lowest BCUT2D eigenvalue weighted by Crippen LogP contribution is -2.09. The predicted molar refractivity (Wildman–Crippen MR) is 64.5 cm³/mol. The van der Waals surface area contributed by atoms with Crippen molar-refractivity contribution in [2.75, 3.05) is 0 Å². The highest BCUT2D eigenvalue weighted by atomic mass is 16.4. The van der Waals surface area contributed by atoms with Crippen LogP contribution >= 0.6 is 0 Å². The molecule has 17 heavy (non-hydrogen) atoms. The molecular weight excluding hydrogens is 216 g/mol. The van der Waals surface area contributed by atoms with Crippen molar-refractivity contribution in [3.8, 4) is 6.07 Å². The minimum absolute atomic E-state index is 0.00827. The van der Waals surface area contributed by atoms with Crippen LogP contribution in [0.5, 0.6) is 0 Å². The molecule has 1 aromatic carbocycles. The number of H-pyrrole nitrogens is 1. The Balaban J connectivity index is 2.30. The minimum Gasteiger partial charge on any atom is -0.408 e. The third-order valence-corrected chi connectivity index (χ3v) is 2.91. The maximum absolute atomic E-state index is 11.0. The molecule has 1 heterocycles. The zero-order valence-electron chi connectivity index (χ0n) is 9.86. The number of benzene rings is 1. The first-order valence-corrected chi connectivity index (χ1v) is 5.61. The summed E-state index contributed by atoms with van der Waals surface area (Å²) in [7, 11) is 0. The molecule has 0 saturated heterocycles. The topological polar surface area (TPSA) is 69.8 Å². The number of hydrogen-bond acceptors (Lipinski definition) is 3. The molecule has 4 nitrogen and oxygen atoms in total. The molecule has 1 unspecified atom stereocenters. The summed E-state index contributed by atoms with van der Waals surface area (Å²) in [5.41, 5.74) is 2.28. The maximum atomic E-state index is 11.0. The Labute approximate surface area is 98.9 Å². The SMILES string of the molecule is CC(C)C(C#N)Cc1ccc2oc(=O)[nH]c2c1. The minimum atomic E-state index is -0.446. The van der Waals surface area contributed by atoms with Gasteiger partial charge in [0.15, 0.2) is 5.58 Å². The van der Waals surface area contributed by atoms with Gasteiger partial charge in [-0.3, -0.25) is 4.98 Å². The lowest BCUT2D eigenvalue weighted by Gasteiger charge is -2.12. The summed E-state index contributed by atoms with van der Waals surface area (Å²) in [6, 6.07) is 7.83. The van der Waals surface area contributed by atoms with Crippen LogP contribution in [0.3, 0.4) is 0 Å². The zero-order valence-corrected chi connectivity index (χ0v) is 9.86. The standard InChI is InChI=1S/C13H14N2O2/c1-8(2)10(7-14)5-9-3-4-12-11(6-9)15-13(16)17-12/h3-4,6,8,10H,5H2,1-2H3,(H,15,16). The van der Waals surface area contributed by atoms with E-state index in [-0.39, 0.29) is 5.92 Å². The molecule has 2 rings (SSSR count). The van der Waals surface area contributed by atoms with E-state index in [1.807, 2.05) is 26.0 Å². The van der Waals surface area contributed by atoms with Gasteiger partial charge in [0.05, 0.1) is 17.5 Å². The van der Waals surface area contributed by atoms with Crippen molar-refractivity contribution in [1.82, 2.24) is 4.98 Å². The van der Waals surface area contributed by atoms with Crippen LogP contribution in [0.4, 0.5) is 0 Å². The van der Waals surface area contributed by atoms with Crippen molar-refractivity contribution < 1.29 is 4.42 Å². The fraction of sp³-hybridized carbons (Fsp3) is 0.385. The van der Waals surface area contributed by atoms with E-state index in [4.69, 9.17) is 9.68 Å². The van der Waals surface area contributed by atoms with Gasteiger partial charge in [0, 0.05) is 0 Å². The monoisotopic (exact) mass is 230 g/mol. The van der Waals surface area contributed by atoms with E-state index < -0.39 is 5.76 Å². The van der Waals surface area contributed by atoms with Crippen LogP contribution in [0.15, 0.2) is 27.4 Å². The third kappa shape index (κ3) is 2.39. The van der Waals surface area contributed by atoms with Gasteiger partial charge in [0.2, 0.25) is 0 Å². The van der Waals surface area contributed by atoms with Crippen LogP contribution in [0.1, 0.15) is 19.4 Å². The number of aromatic amines is 1. The van der Waals surface area contributed by atoms with Gasteiger partial charge in [-0.15, -0.1) is 0 Å². The van der Waals surface area contributed by atoms with Crippen LogP contribution in [0.2, 0.25) is 0 Å². The first-order valence-electron chi connectivity index (χ1n) is 5.61. The molecule has 1 N–H and O–H groups in total. The summed E-state index contributed by atoms with van der Waals surface area (Å²) in [6.07, 6.45) is 0.692. The quantitative estimate of drug-likeness (QED) is 0.880. The molecule has 88 valence electrons. The molecular formula is C13H14N2O2. The summed E-state index contributed by atoms with van der Waals surface area (Å²) in [5, 5.41) is 9.05. The summed E-state index contributed by atoms with van der Waals surface area (Å²) >= 11 is 0. The number of fused-ring (bicyclic) bond motifs is 1. The molecule has 0 amide bonds. The predicted octanol–water partition coefficient (Wildman–Crippen LogP) is 2.46. The fourth-order valence-corrected chi connectivity index (χ4v) is 1.81. The molecule has 0 spiro atoms. The molecule has 1 atom stereocenters. The normalized spacial score (nSPS) is 12.8. The Kier molecular flexibility index (Phi) is 3.01. The molecule has 0 fully saturated rings. The van der Waals surface area contributed by atoms with Crippen molar-refractivity contribution in [2.45, 2.75) is 20.3 Å². The van der Waals surface area contributed by atoms with E-state index in [1.165, 1.54) is 0 Å². The smallest absolute Gasteiger partial charge is 0.408 e. The van der Waals surface area contributed by atoms with Gasteiger partial charge in [0.1, 0.15) is 0 Å². The lowest BCUT2D eigenvalue weighted by molar-refractivity contribution is 0.474. The van der Waals surface area contributed by atoms with E-state index in [2.05, 4.69) is 11.1 Å². The molecule has 0 saturated carbocycles. The van der Waals surface area contributed by atoms with Crippen LogP contribution in [-0.2, 0) is 6.42 Å². The van der Waals surface area contributed by atoms with E-state index in [1.54, 1.807) is 6.07 Å². The van der Waals surface area contributed by atoms with E-state index in [0.717, 1.165) is 5.56 Å². The number of nitrogens with zero attached hydrogens (tertiary/aromatic N) is 1. The van der Waals surface area contributed by atoms with Crippen LogP contribution in [0, 0.1) is 23.2 Å². The van der Waals surface area contributed by atoms with Crippen molar-refractivity contribution >= 4 is 11.1 Å². The zero-order chi connectivity index (χ0) is 12.4. The number of aromatic nitrogens is 1. The van der Waals surface area contributed by atoms with E-state index in [0.29, 0.717) is 23.4 Å².